The summed E-state index contributed by atoms with van der Waals surface area (Å²) in [6, 6.07) is 0.107. The van der Waals surface area contributed by atoms with Gasteiger partial charge in [0, 0.05) is 17.3 Å². The van der Waals surface area contributed by atoms with Crippen LogP contribution in [0.3, 0.4) is 0 Å². The van der Waals surface area contributed by atoms with Crippen LogP contribution in [0.1, 0.15) is 36.6 Å². The van der Waals surface area contributed by atoms with Gasteiger partial charge in [0.05, 0.1) is 26.3 Å². The molecule has 1 atom stereocenters. The predicted octanol–water partition coefficient (Wildman–Crippen LogP) is 0.782. The van der Waals surface area contributed by atoms with E-state index in [1.807, 2.05) is 10.9 Å². The molecule has 0 aromatic carbocycles. The van der Waals surface area contributed by atoms with Gasteiger partial charge in [-0.15, -0.1) is 0 Å². The average Bonchev–Trinajstić information content (AvgIpc) is 2.70. The van der Waals surface area contributed by atoms with Gasteiger partial charge < -0.3 is 10.5 Å². The SMILES string of the molecule is COC(=O)CCn1ncc2c1CCCC2N. The molecule has 2 N–H and O–H groups in total. The van der Waals surface area contributed by atoms with E-state index in [0.29, 0.717) is 13.0 Å². The quantitative estimate of drug-likeness (QED) is 0.769. The molecule has 0 saturated carbocycles. The van der Waals surface area contributed by atoms with Crippen LogP contribution in [0.4, 0.5) is 0 Å². The lowest BCUT2D eigenvalue weighted by molar-refractivity contribution is -0.140. The van der Waals surface area contributed by atoms with E-state index in [9.17, 15) is 4.79 Å². The Balaban J connectivity index is 2.08. The van der Waals surface area contributed by atoms with Gasteiger partial charge in [0.15, 0.2) is 0 Å². The van der Waals surface area contributed by atoms with E-state index >= 15 is 0 Å². The molecule has 0 fully saturated rings. The van der Waals surface area contributed by atoms with Crippen LogP contribution in [0.5, 0.6) is 0 Å². The second-order valence-corrected chi connectivity index (χ2v) is 4.09. The van der Waals surface area contributed by atoms with Crippen molar-refractivity contribution in [1.82, 2.24) is 9.78 Å². The predicted molar refractivity (Wildman–Crippen MR) is 58.7 cm³/mol. The molecule has 1 unspecified atom stereocenters. The number of aryl methyl sites for hydroxylation is 1. The Morgan fingerprint density at radius 2 is 2.56 bits per heavy atom. The zero-order valence-electron chi connectivity index (χ0n) is 9.48. The van der Waals surface area contributed by atoms with Crippen molar-refractivity contribution in [2.45, 2.75) is 38.3 Å². The van der Waals surface area contributed by atoms with Gasteiger partial charge >= 0.3 is 5.97 Å². The zero-order valence-corrected chi connectivity index (χ0v) is 9.48. The van der Waals surface area contributed by atoms with Crippen molar-refractivity contribution in [3.8, 4) is 0 Å². The molecule has 16 heavy (non-hydrogen) atoms. The summed E-state index contributed by atoms with van der Waals surface area (Å²) in [5.74, 6) is -0.204. The van der Waals surface area contributed by atoms with Crippen LogP contribution in [0.15, 0.2) is 6.20 Å². The average molecular weight is 223 g/mol. The standard InChI is InChI=1S/C11H17N3O2/c1-16-11(15)5-6-14-10-4-2-3-9(12)8(10)7-13-14/h7,9H,2-6,12H2,1H3. The molecule has 0 aliphatic heterocycles. The molecule has 1 aromatic heterocycles. The summed E-state index contributed by atoms with van der Waals surface area (Å²) in [6.07, 6.45) is 5.31. The number of fused-ring (bicyclic) bond motifs is 1. The van der Waals surface area contributed by atoms with Gasteiger partial charge in [-0.05, 0) is 19.3 Å². The minimum Gasteiger partial charge on any atom is -0.469 e. The van der Waals surface area contributed by atoms with E-state index in [2.05, 4.69) is 9.84 Å². The Kier molecular flexibility index (Phi) is 3.24. The van der Waals surface area contributed by atoms with Gasteiger partial charge in [0.2, 0.25) is 0 Å². The van der Waals surface area contributed by atoms with E-state index < -0.39 is 0 Å². The third-order valence-electron chi connectivity index (χ3n) is 3.06. The number of hydrogen-bond acceptors (Lipinski definition) is 4. The molecule has 5 heteroatoms. The maximum absolute atomic E-state index is 11.1. The van der Waals surface area contributed by atoms with Crippen molar-refractivity contribution in [2.24, 2.45) is 5.73 Å². The van der Waals surface area contributed by atoms with Gasteiger partial charge in [-0.1, -0.05) is 0 Å². The second kappa shape index (κ2) is 4.65. The molecule has 0 amide bonds. The number of nitrogens with zero attached hydrogens (tertiary/aromatic N) is 2. The first-order valence-corrected chi connectivity index (χ1v) is 5.59. The first-order chi connectivity index (χ1) is 7.72. The molecule has 2 rings (SSSR count). The molecule has 1 aromatic rings. The minimum absolute atomic E-state index is 0.107. The molecule has 5 nitrogen and oxygen atoms in total. The molecule has 0 saturated heterocycles. The van der Waals surface area contributed by atoms with Crippen LogP contribution in [-0.4, -0.2) is 22.9 Å². The largest absolute Gasteiger partial charge is 0.469 e. The van der Waals surface area contributed by atoms with Gasteiger partial charge in [-0.2, -0.15) is 5.10 Å². The van der Waals surface area contributed by atoms with Crippen LogP contribution in [0.2, 0.25) is 0 Å². The third kappa shape index (κ3) is 2.09. The summed E-state index contributed by atoms with van der Waals surface area (Å²) in [5, 5.41) is 4.28. The normalized spacial score (nSPS) is 19.2. The second-order valence-electron chi connectivity index (χ2n) is 4.09. The summed E-state index contributed by atoms with van der Waals surface area (Å²) in [4.78, 5) is 11.1. The molecule has 0 spiro atoms. The number of nitrogens with two attached hydrogens (primary N) is 1. The number of ether oxygens (including phenoxy) is 1. The maximum Gasteiger partial charge on any atom is 0.307 e. The number of aromatic nitrogens is 2. The van der Waals surface area contributed by atoms with E-state index in [-0.39, 0.29) is 12.0 Å². The summed E-state index contributed by atoms with van der Waals surface area (Å²) in [7, 11) is 1.40. The highest BCUT2D eigenvalue weighted by Crippen LogP contribution is 2.27. The number of carbonyl (C=O) groups is 1. The fourth-order valence-corrected chi connectivity index (χ4v) is 2.15. The molecule has 0 radical (unpaired) electrons. The van der Waals surface area contributed by atoms with E-state index in [4.69, 9.17) is 5.73 Å². The highest BCUT2D eigenvalue weighted by molar-refractivity contribution is 5.68. The van der Waals surface area contributed by atoms with Gasteiger partial charge in [-0.25, -0.2) is 0 Å². The molecule has 1 heterocycles. The summed E-state index contributed by atoms with van der Waals surface area (Å²) < 4.78 is 6.49. The lowest BCUT2D eigenvalue weighted by atomic mass is 9.94. The Hall–Kier alpha value is -1.36. The molecule has 88 valence electrons. The first-order valence-electron chi connectivity index (χ1n) is 5.59. The molecule has 1 aliphatic carbocycles. The highest BCUT2D eigenvalue weighted by Gasteiger charge is 2.21. The lowest BCUT2D eigenvalue weighted by Gasteiger charge is -2.19. The monoisotopic (exact) mass is 223 g/mol. The number of rotatable bonds is 3. The maximum atomic E-state index is 11.1. The van der Waals surface area contributed by atoms with E-state index in [0.717, 1.165) is 24.8 Å². The molecule has 0 bridgehead atoms. The van der Waals surface area contributed by atoms with Crippen molar-refractivity contribution < 1.29 is 9.53 Å². The molecule has 1 aliphatic rings. The van der Waals surface area contributed by atoms with Crippen molar-refractivity contribution >= 4 is 5.97 Å². The highest BCUT2D eigenvalue weighted by atomic mass is 16.5. The van der Waals surface area contributed by atoms with E-state index in [1.165, 1.54) is 12.8 Å². The first kappa shape index (κ1) is 11.1. The summed E-state index contributed by atoms with van der Waals surface area (Å²) >= 11 is 0. The van der Waals surface area contributed by atoms with Gasteiger partial charge in [0.25, 0.3) is 0 Å². The fourth-order valence-electron chi connectivity index (χ4n) is 2.15. The fraction of sp³-hybridized carbons (Fsp3) is 0.636. The lowest BCUT2D eigenvalue weighted by Crippen LogP contribution is -2.19. The Morgan fingerprint density at radius 3 is 3.31 bits per heavy atom. The van der Waals surface area contributed by atoms with Crippen molar-refractivity contribution in [2.75, 3.05) is 7.11 Å². The number of methoxy groups -OCH3 is 1. The van der Waals surface area contributed by atoms with Gasteiger partial charge in [-0.3, -0.25) is 9.48 Å². The van der Waals surface area contributed by atoms with Crippen LogP contribution in [0.25, 0.3) is 0 Å². The van der Waals surface area contributed by atoms with E-state index in [1.54, 1.807) is 0 Å². The minimum atomic E-state index is -0.204. The smallest absolute Gasteiger partial charge is 0.307 e. The number of carbonyl (C=O) groups excluding carboxylic acids is 1. The Labute approximate surface area is 94.6 Å². The third-order valence-corrected chi connectivity index (χ3v) is 3.06. The van der Waals surface area contributed by atoms with Crippen molar-refractivity contribution in [3.05, 3.63) is 17.5 Å². The van der Waals surface area contributed by atoms with Crippen molar-refractivity contribution in [3.63, 3.8) is 0 Å². The number of esters is 1. The van der Waals surface area contributed by atoms with Gasteiger partial charge in [0.1, 0.15) is 0 Å². The Bertz CT molecular complexity index is 387. The summed E-state index contributed by atoms with van der Waals surface area (Å²) in [5.41, 5.74) is 8.32. The zero-order chi connectivity index (χ0) is 11.5. The molecular formula is C11H17N3O2. The number of hydrogen-bond donors (Lipinski definition) is 1. The van der Waals surface area contributed by atoms with Crippen molar-refractivity contribution in [1.29, 1.82) is 0 Å². The Morgan fingerprint density at radius 1 is 1.75 bits per heavy atom. The van der Waals surface area contributed by atoms with Crippen LogP contribution in [-0.2, 0) is 22.5 Å². The topological polar surface area (TPSA) is 70.1 Å². The van der Waals surface area contributed by atoms with Crippen LogP contribution >= 0.6 is 0 Å². The molecular weight excluding hydrogens is 206 g/mol. The van der Waals surface area contributed by atoms with Crippen LogP contribution < -0.4 is 5.73 Å². The van der Waals surface area contributed by atoms with Crippen LogP contribution in [0, 0.1) is 0 Å². The summed E-state index contributed by atoms with van der Waals surface area (Å²) in [6.45, 7) is 0.578.